The highest BCUT2D eigenvalue weighted by atomic mass is 32.1. The van der Waals surface area contributed by atoms with Gasteiger partial charge in [-0.05, 0) is 29.8 Å². The maximum atomic E-state index is 11.1. The van der Waals surface area contributed by atoms with Crippen molar-refractivity contribution < 1.29 is 4.79 Å². The van der Waals surface area contributed by atoms with Gasteiger partial charge < -0.3 is 11.5 Å². The molecule has 0 fully saturated rings. The minimum absolute atomic E-state index is 0.410. The first-order chi connectivity index (χ1) is 9.61. The van der Waals surface area contributed by atoms with E-state index in [9.17, 15) is 4.79 Å². The van der Waals surface area contributed by atoms with Crippen molar-refractivity contribution in [3.05, 3.63) is 52.8 Å². The van der Waals surface area contributed by atoms with Gasteiger partial charge >= 0.3 is 0 Å². The standard InChI is InChI=1S/C14H12N4OS/c15-10-1-2-11-12(5-10)20-13(18-11)4-8-3-9(14(16)19)7-17-6-8/h1-3,5-7H,4,15H2,(H2,16,19). The number of amides is 1. The quantitative estimate of drug-likeness (QED) is 0.719. The molecule has 0 aliphatic heterocycles. The number of carbonyl (C=O) groups is 1. The van der Waals surface area contributed by atoms with E-state index in [1.54, 1.807) is 23.6 Å². The van der Waals surface area contributed by atoms with Crippen LogP contribution in [0.4, 0.5) is 5.69 Å². The summed E-state index contributed by atoms with van der Waals surface area (Å²) in [6.45, 7) is 0. The van der Waals surface area contributed by atoms with Crippen LogP contribution in [0.2, 0.25) is 0 Å². The normalized spacial score (nSPS) is 10.8. The van der Waals surface area contributed by atoms with E-state index < -0.39 is 5.91 Å². The van der Waals surface area contributed by atoms with E-state index in [1.807, 2.05) is 18.2 Å². The van der Waals surface area contributed by atoms with E-state index in [4.69, 9.17) is 11.5 Å². The predicted molar refractivity (Wildman–Crippen MR) is 79.6 cm³/mol. The highest BCUT2D eigenvalue weighted by Crippen LogP contribution is 2.25. The average Bonchev–Trinajstić information content (AvgIpc) is 2.80. The van der Waals surface area contributed by atoms with E-state index in [-0.39, 0.29) is 0 Å². The number of pyridine rings is 1. The molecule has 0 saturated carbocycles. The van der Waals surface area contributed by atoms with Gasteiger partial charge in [0.15, 0.2) is 0 Å². The van der Waals surface area contributed by atoms with Crippen LogP contribution in [-0.2, 0) is 6.42 Å². The molecule has 0 aliphatic carbocycles. The second-order valence-electron chi connectivity index (χ2n) is 4.46. The summed E-state index contributed by atoms with van der Waals surface area (Å²) < 4.78 is 1.05. The number of primary amides is 1. The lowest BCUT2D eigenvalue weighted by atomic mass is 10.1. The molecule has 0 aliphatic rings. The number of hydrogen-bond acceptors (Lipinski definition) is 5. The van der Waals surface area contributed by atoms with Crippen molar-refractivity contribution in [2.75, 3.05) is 5.73 Å². The van der Waals surface area contributed by atoms with Gasteiger partial charge in [0.05, 0.1) is 20.8 Å². The number of aromatic nitrogens is 2. The summed E-state index contributed by atoms with van der Waals surface area (Å²) in [5.41, 5.74) is 14.0. The monoisotopic (exact) mass is 284 g/mol. The fourth-order valence-electron chi connectivity index (χ4n) is 1.96. The van der Waals surface area contributed by atoms with Crippen LogP contribution >= 0.6 is 11.3 Å². The van der Waals surface area contributed by atoms with E-state index in [0.717, 1.165) is 26.5 Å². The Kier molecular flexibility index (Phi) is 3.08. The van der Waals surface area contributed by atoms with Crippen molar-refractivity contribution in [3.63, 3.8) is 0 Å². The second kappa shape index (κ2) is 4.90. The van der Waals surface area contributed by atoms with Crippen molar-refractivity contribution >= 4 is 33.1 Å². The van der Waals surface area contributed by atoms with Gasteiger partial charge in [0.2, 0.25) is 5.91 Å². The number of rotatable bonds is 3. The summed E-state index contributed by atoms with van der Waals surface area (Å²) in [7, 11) is 0. The minimum atomic E-state index is -0.476. The van der Waals surface area contributed by atoms with Crippen LogP contribution in [0.25, 0.3) is 10.2 Å². The second-order valence-corrected chi connectivity index (χ2v) is 5.57. The molecule has 4 N–H and O–H groups in total. The average molecular weight is 284 g/mol. The van der Waals surface area contributed by atoms with Gasteiger partial charge in [-0.2, -0.15) is 0 Å². The van der Waals surface area contributed by atoms with Gasteiger partial charge in [-0.3, -0.25) is 9.78 Å². The number of anilines is 1. The molecule has 20 heavy (non-hydrogen) atoms. The van der Waals surface area contributed by atoms with Crippen molar-refractivity contribution in [3.8, 4) is 0 Å². The van der Waals surface area contributed by atoms with Gasteiger partial charge in [-0.15, -0.1) is 11.3 Å². The summed E-state index contributed by atoms with van der Waals surface area (Å²) in [6.07, 6.45) is 3.80. The van der Waals surface area contributed by atoms with Crippen molar-refractivity contribution in [2.24, 2.45) is 5.73 Å². The zero-order valence-electron chi connectivity index (χ0n) is 10.5. The molecule has 0 saturated heterocycles. The number of nitrogens with two attached hydrogens (primary N) is 2. The Labute approximate surface area is 119 Å². The lowest BCUT2D eigenvalue weighted by molar-refractivity contribution is 0.1000. The van der Waals surface area contributed by atoms with Crippen LogP contribution in [-0.4, -0.2) is 15.9 Å². The summed E-state index contributed by atoms with van der Waals surface area (Å²) in [5, 5.41) is 0.953. The molecule has 100 valence electrons. The first-order valence-corrected chi connectivity index (χ1v) is 6.82. The largest absolute Gasteiger partial charge is 0.399 e. The molecule has 3 rings (SSSR count). The summed E-state index contributed by atoms with van der Waals surface area (Å²) in [6, 6.07) is 7.40. The Hall–Kier alpha value is -2.47. The highest BCUT2D eigenvalue weighted by molar-refractivity contribution is 7.18. The first kappa shape index (κ1) is 12.6. The molecule has 0 bridgehead atoms. The third-order valence-electron chi connectivity index (χ3n) is 2.89. The topological polar surface area (TPSA) is 94.9 Å². The molecule has 0 atom stereocenters. The first-order valence-electron chi connectivity index (χ1n) is 6.00. The maximum absolute atomic E-state index is 11.1. The Balaban J connectivity index is 1.92. The number of carbonyl (C=O) groups excluding carboxylic acids is 1. The number of nitrogen functional groups attached to an aromatic ring is 1. The zero-order valence-corrected chi connectivity index (χ0v) is 11.4. The number of nitrogens with zero attached hydrogens (tertiary/aromatic N) is 2. The van der Waals surface area contributed by atoms with Crippen molar-refractivity contribution in [1.82, 2.24) is 9.97 Å². The summed E-state index contributed by atoms with van der Waals surface area (Å²) in [5.74, 6) is -0.476. The zero-order chi connectivity index (χ0) is 14.1. The molecule has 6 heteroatoms. The van der Waals surface area contributed by atoms with Gasteiger partial charge in [-0.1, -0.05) is 0 Å². The molecule has 1 amide bonds. The van der Waals surface area contributed by atoms with Crippen LogP contribution < -0.4 is 11.5 Å². The Morgan fingerprint density at radius 3 is 2.90 bits per heavy atom. The highest BCUT2D eigenvalue weighted by Gasteiger charge is 2.07. The predicted octanol–water partition coefficient (Wildman–Crippen LogP) is 1.96. The van der Waals surface area contributed by atoms with E-state index in [2.05, 4.69) is 9.97 Å². The molecule has 3 aromatic rings. The smallest absolute Gasteiger partial charge is 0.250 e. The fourth-order valence-corrected chi connectivity index (χ4v) is 3.01. The fraction of sp³-hybridized carbons (Fsp3) is 0.0714. The lowest BCUT2D eigenvalue weighted by Crippen LogP contribution is -2.11. The van der Waals surface area contributed by atoms with Gasteiger partial charge in [0.25, 0.3) is 0 Å². The number of thiazole rings is 1. The Morgan fingerprint density at radius 2 is 2.10 bits per heavy atom. The molecule has 2 heterocycles. The molecule has 0 radical (unpaired) electrons. The molecule has 0 unspecified atom stereocenters. The van der Waals surface area contributed by atoms with Crippen molar-refractivity contribution in [2.45, 2.75) is 6.42 Å². The third-order valence-corrected chi connectivity index (χ3v) is 3.91. The number of hydrogen-bond donors (Lipinski definition) is 2. The molecule has 5 nitrogen and oxygen atoms in total. The molecule has 2 aromatic heterocycles. The Morgan fingerprint density at radius 1 is 1.25 bits per heavy atom. The third kappa shape index (κ3) is 2.46. The number of benzene rings is 1. The van der Waals surface area contributed by atoms with Crippen LogP contribution in [0.15, 0.2) is 36.7 Å². The number of fused-ring (bicyclic) bond motifs is 1. The van der Waals surface area contributed by atoms with E-state index in [0.29, 0.717) is 12.0 Å². The van der Waals surface area contributed by atoms with E-state index in [1.165, 1.54) is 6.20 Å². The van der Waals surface area contributed by atoms with Crippen molar-refractivity contribution in [1.29, 1.82) is 0 Å². The minimum Gasteiger partial charge on any atom is -0.399 e. The maximum Gasteiger partial charge on any atom is 0.250 e. The van der Waals surface area contributed by atoms with Crippen LogP contribution in [0.5, 0.6) is 0 Å². The van der Waals surface area contributed by atoms with E-state index >= 15 is 0 Å². The van der Waals surface area contributed by atoms with Crippen LogP contribution in [0, 0.1) is 0 Å². The molecular weight excluding hydrogens is 272 g/mol. The van der Waals surface area contributed by atoms with Gasteiger partial charge in [0, 0.05) is 24.5 Å². The van der Waals surface area contributed by atoms with Gasteiger partial charge in [-0.25, -0.2) is 4.98 Å². The molecule has 1 aromatic carbocycles. The van der Waals surface area contributed by atoms with Crippen LogP contribution in [0.3, 0.4) is 0 Å². The molecule has 0 spiro atoms. The summed E-state index contributed by atoms with van der Waals surface area (Å²) >= 11 is 1.59. The molecular formula is C14H12N4OS. The SMILES string of the molecule is NC(=O)c1cncc(Cc2nc3ccc(N)cc3s2)c1. The summed E-state index contributed by atoms with van der Waals surface area (Å²) in [4.78, 5) is 19.7. The van der Waals surface area contributed by atoms with Crippen LogP contribution in [0.1, 0.15) is 20.9 Å². The van der Waals surface area contributed by atoms with Gasteiger partial charge in [0.1, 0.15) is 0 Å². The lowest BCUT2D eigenvalue weighted by Gasteiger charge is -1.99. The Bertz CT molecular complexity index is 797.